The number of nitrogens with two attached hydrogens (primary N) is 1. The summed E-state index contributed by atoms with van der Waals surface area (Å²) in [6.45, 7) is 5.88. The smallest absolute Gasteiger partial charge is 0.132 e. The van der Waals surface area contributed by atoms with Gasteiger partial charge in [0.15, 0.2) is 0 Å². The predicted octanol–water partition coefficient (Wildman–Crippen LogP) is 1.66. The van der Waals surface area contributed by atoms with E-state index in [1.165, 1.54) is 0 Å². The molecule has 1 aliphatic carbocycles. The minimum atomic E-state index is 0.462. The maximum atomic E-state index is 8.94. The van der Waals surface area contributed by atoms with Crippen LogP contribution >= 0.6 is 0 Å². The van der Waals surface area contributed by atoms with Gasteiger partial charge in [-0.25, -0.2) is 0 Å². The average molecular weight is 249 g/mol. The molecule has 0 aromatic carbocycles. The molecule has 1 aliphatic rings. The van der Waals surface area contributed by atoms with Crippen molar-refractivity contribution in [3.63, 3.8) is 0 Å². The summed E-state index contributed by atoms with van der Waals surface area (Å²) in [4.78, 5) is 2.35. The van der Waals surface area contributed by atoms with Crippen molar-refractivity contribution in [3.05, 3.63) is 23.5 Å². The molecule has 4 nitrogen and oxygen atoms in total. The molecule has 0 bridgehead atoms. The summed E-state index contributed by atoms with van der Waals surface area (Å²) in [5.74, 6) is 1.18. The molecule has 0 spiro atoms. The van der Waals surface area contributed by atoms with Gasteiger partial charge in [0.05, 0.1) is 12.7 Å². The first-order valence-corrected chi connectivity index (χ1v) is 6.54. The topological polar surface area (TPSA) is 62.3 Å². The van der Waals surface area contributed by atoms with E-state index in [1.807, 2.05) is 6.08 Å². The number of nitrogens with zero attached hydrogens (tertiary/aromatic N) is 2. The standard InChI is InChI=1S/C14H23N3O/c1-3-17(9-7-15)8-6-12-4-5-13(11-16)14(10-12)18-2/h5,10,12H,3-4,6-9,15H2,1-2H3. The average Bonchev–Trinajstić information content (AvgIpc) is 2.42. The van der Waals surface area contributed by atoms with Crippen LogP contribution in [0.2, 0.25) is 0 Å². The highest BCUT2D eigenvalue weighted by Crippen LogP contribution is 2.25. The van der Waals surface area contributed by atoms with E-state index in [2.05, 4.69) is 24.0 Å². The molecule has 0 aromatic heterocycles. The highest BCUT2D eigenvalue weighted by molar-refractivity contribution is 5.40. The molecule has 18 heavy (non-hydrogen) atoms. The number of allylic oxidation sites excluding steroid dienone is 3. The molecule has 1 rings (SSSR count). The van der Waals surface area contributed by atoms with E-state index < -0.39 is 0 Å². The summed E-state index contributed by atoms with van der Waals surface area (Å²) >= 11 is 0. The Labute approximate surface area is 110 Å². The lowest BCUT2D eigenvalue weighted by Gasteiger charge is -2.23. The van der Waals surface area contributed by atoms with Crippen LogP contribution in [-0.2, 0) is 4.74 Å². The Balaban J connectivity index is 2.48. The van der Waals surface area contributed by atoms with Crippen molar-refractivity contribution >= 4 is 0 Å². The molecular weight excluding hydrogens is 226 g/mol. The molecule has 0 radical (unpaired) electrons. The lowest BCUT2D eigenvalue weighted by Crippen LogP contribution is -2.31. The minimum absolute atomic E-state index is 0.462. The molecule has 2 N–H and O–H groups in total. The number of hydrogen-bond donors (Lipinski definition) is 1. The molecule has 0 fully saturated rings. The maximum absolute atomic E-state index is 8.94. The Hall–Kier alpha value is -1.31. The zero-order valence-electron chi connectivity index (χ0n) is 11.4. The number of likely N-dealkylation sites (N-methyl/N-ethyl adjacent to an activating group) is 1. The Bertz CT molecular complexity index is 355. The second-order valence-electron chi connectivity index (χ2n) is 4.47. The fraction of sp³-hybridized carbons (Fsp3) is 0.643. The molecule has 0 heterocycles. The van der Waals surface area contributed by atoms with Gasteiger partial charge in [0.2, 0.25) is 0 Å². The van der Waals surface area contributed by atoms with Crippen LogP contribution in [0.4, 0.5) is 0 Å². The Morgan fingerprint density at radius 2 is 2.33 bits per heavy atom. The van der Waals surface area contributed by atoms with E-state index in [1.54, 1.807) is 7.11 Å². The van der Waals surface area contributed by atoms with Crippen molar-refractivity contribution < 1.29 is 4.74 Å². The molecule has 1 atom stereocenters. The van der Waals surface area contributed by atoms with Gasteiger partial charge in [-0.2, -0.15) is 5.26 Å². The molecule has 0 aliphatic heterocycles. The third-order valence-corrected chi connectivity index (χ3v) is 3.33. The van der Waals surface area contributed by atoms with Crippen molar-refractivity contribution in [2.75, 3.05) is 33.3 Å². The molecule has 0 amide bonds. The van der Waals surface area contributed by atoms with E-state index in [9.17, 15) is 0 Å². The molecule has 100 valence electrons. The summed E-state index contributed by atoms with van der Waals surface area (Å²) in [6.07, 6.45) is 6.06. The van der Waals surface area contributed by atoms with Crippen LogP contribution in [0.5, 0.6) is 0 Å². The minimum Gasteiger partial charge on any atom is -0.496 e. The Kier molecular flexibility index (Phi) is 6.48. The van der Waals surface area contributed by atoms with Crippen molar-refractivity contribution in [1.82, 2.24) is 4.90 Å². The Morgan fingerprint density at radius 3 is 2.89 bits per heavy atom. The van der Waals surface area contributed by atoms with Crippen LogP contribution in [0.15, 0.2) is 23.5 Å². The quantitative estimate of drug-likeness (QED) is 0.745. The van der Waals surface area contributed by atoms with Crippen LogP contribution in [0.3, 0.4) is 0 Å². The van der Waals surface area contributed by atoms with E-state index in [-0.39, 0.29) is 0 Å². The number of rotatable bonds is 7. The second-order valence-corrected chi connectivity index (χ2v) is 4.47. The lowest BCUT2D eigenvalue weighted by molar-refractivity contribution is 0.269. The first-order chi connectivity index (χ1) is 8.74. The fourth-order valence-electron chi connectivity index (χ4n) is 2.18. The summed E-state index contributed by atoms with van der Waals surface area (Å²) in [5.41, 5.74) is 6.23. The highest BCUT2D eigenvalue weighted by atomic mass is 16.5. The summed E-state index contributed by atoms with van der Waals surface area (Å²) in [7, 11) is 1.62. The lowest BCUT2D eigenvalue weighted by atomic mass is 9.93. The van der Waals surface area contributed by atoms with Crippen molar-refractivity contribution in [2.45, 2.75) is 19.8 Å². The van der Waals surface area contributed by atoms with Crippen molar-refractivity contribution in [3.8, 4) is 6.07 Å². The molecule has 1 unspecified atom stereocenters. The third-order valence-electron chi connectivity index (χ3n) is 3.33. The molecular formula is C14H23N3O. The highest BCUT2D eigenvalue weighted by Gasteiger charge is 2.16. The monoisotopic (exact) mass is 249 g/mol. The predicted molar refractivity (Wildman–Crippen MR) is 72.7 cm³/mol. The van der Waals surface area contributed by atoms with E-state index in [4.69, 9.17) is 15.7 Å². The van der Waals surface area contributed by atoms with Gasteiger partial charge in [-0.05, 0) is 37.9 Å². The van der Waals surface area contributed by atoms with Crippen LogP contribution in [0.25, 0.3) is 0 Å². The van der Waals surface area contributed by atoms with Crippen molar-refractivity contribution in [1.29, 1.82) is 5.26 Å². The van der Waals surface area contributed by atoms with Gasteiger partial charge in [-0.3, -0.25) is 0 Å². The van der Waals surface area contributed by atoms with E-state index in [0.717, 1.165) is 38.2 Å². The third kappa shape index (κ3) is 4.17. The van der Waals surface area contributed by atoms with Gasteiger partial charge in [0, 0.05) is 13.1 Å². The van der Waals surface area contributed by atoms with Gasteiger partial charge in [0.25, 0.3) is 0 Å². The van der Waals surface area contributed by atoms with Crippen molar-refractivity contribution in [2.24, 2.45) is 11.7 Å². The van der Waals surface area contributed by atoms with Crippen LogP contribution in [0.1, 0.15) is 19.8 Å². The van der Waals surface area contributed by atoms with Gasteiger partial charge in [-0.15, -0.1) is 0 Å². The number of hydrogen-bond acceptors (Lipinski definition) is 4. The van der Waals surface area contributed by atoms with Gasteiger partial charge in [0.1, 0.15) is 11.8 Å². The number of nitriles is 1. The summed E-state index contributed by atoms with van der Waals surface area (Å²) in [5, 5.41) is 8.94. The Morgan fingerprint density at radius 1 is 1.56 bits per heavy atom. The van der Waals surface area contributed by atoms with E-state index >= 15 is 0 Å². The van der Waals surface area contributed by atoms with Crippen LogP contribution in [0, 0.1) is 17.2 Å². The first kappa shape index (κ1) is 14.7. The largest absolute Gasteiger partial charge is 0.496 e. The molecule has 0 saturated carbocycles. The SMILES string of the molecule is CCN(CCN)CCC1C=C(OC)C(C#N)=CC1. The number of ether oxygens (including phenoxy) is 1. The molecule has 0 aromatic rings. The first-order valence-electron chi connectivity index (χ1n) is 6.54. The maximum Gasteiger partial charge on any atom is 0.132 e. The van der Waals surface area contributed by atoms with Crippen LogP contribution < -0.4 is 5.73 Å². The molecule has 0 saturated heterocycles. The van der Waals surface area contributed by atoms with Gasteiger partial charge < -0.3 is 15.4 Å². The fourth-order valence-corrected chi connectivity index (χ4v) is 2.18. The summed E-state index contributed by atoms with van der Waals surface area (Å²) < 4.78 is 5.24. The zero-order valence-corrected chi connectivity index (χ0v) is 11.4. The number of methoxy groups -OCH3 is 1. The normalized spacial score (nSPS) is 19.2. The molecule has 4 heteroatoms. The summed E-state index contributed by atoms with van der Waals surface area (Å²) in [6, 6.07) is 2.16. The zero-order chi connectivity index (χ0) is 13.4. The second kappa shape index (κ2) is 7.91. The van der Waals surface area contributed by atoms with Crippen LogP contribution in [-0.4, -0.2) is 38.2 Å². The van der Waals surface area contributed by atoms with Gasteiger partial charge in [-0.1, -0.05) is 13.0 Å². The van der Waals surface area contributed by atoms with E-state index in [0.29, 0.717) is 18.0 Å². The van der Waals surface area contributed by atoms with Gasteiger partial charge >= 0.3 is 0 Å².